The normalized spacial score (nSPS) is 11.0. The van der Waals surface area contributed by atoms with E-state index in [1.165, 1.54) is 24.0 Å². The summed E-state index contributed by atoms with van der Waals surface area (Å²) in [5, 5.41) is 24.9. The molecule has 0 unspecified atom stereocenters. The highest BCUT2D eigenvalue weighted by Crippen LogP contribution is 2.36. The molecule has 2 heterocycles. The number of hydrogen-bond donors (Lipinski definition) is 0. The number of rotatable bonds is 4. The number of nitrogens with zero attached hydrogens (tertiary/aromatic N) is 6. The molecule has 0 spiro atoms. The van der Waals surface area contributed by atoms with Crippen molar-refractivity contribution in [1.82, 2.24) is 25.2 Å². The predicted molar refractivity (Wildman–Crippen MR) is 99.4 cm³/mol. The summed E-state index contributed by atoms with van der Waals surface area (Å²) in [5.41, 5.74) is 0.832. The fourth-order valence-electron chi connectivity index (χ4n) is 2.48. The first-order valence-corrected chi connectivity index (χ1v) is 8.98. The molecule has 0 amide bonds. The van der Waals surface area contributed by atoms with Gasteiger partial charge in [-0.15, -0.1) is 5.10 Å². The maximum Gasteiger partial charge on any atom is 0.278 e. The molecule has 26 heavy (non-hydrogen) atoms. The van der Waals surface area contributed by atoms with Crippen molar-refractivity contribution in [2.75, 3.05) is 0 Å². The van der Waals surface area contributed by atoms with Crippen molar-refractivity contribution in [3.05, 3.63) is 69.4 Å². The van der Waals surface area contributed by atoms with Crippen LogP contribution >= 0.6 is 27.7 Å². The number of pyridine rings is 1. The Morgan fingerprint density at radius 1 is 1.08 bits per heavy atom. The molecule has 0 N–H and O–H groups in total. The Hall–Kier alpha value is -2.85. The summed E-state index contributed by atoms with van der Waals surface area (Å²) in [6.07, 6.45) is 3.10. The standard InChI is InChI=1S/C16H9BrN6O2S/c17-10-1-3-11(4-2-10)22-16(19-20-21-22)26-15-6-5-14(23(24)25)13-9-18-8-7-12(13)15/h1-9H. The Morgan fingerprint density at radius 3 is 2.65 bits per heavy atom. The van der Waals surface area contributed by atoms with Crippen molar-refractivity contribution in [3.63, 3.8) is 0 Å². The third-order valence-corrected chi connectivity index (χ3v) is 5.21. The van der Waals surface area contributed by atoms with Crippen LogP contribution < -0.4 is 0 Å². The van der Waals surface area contributed by atoms with E-state index in [1.54, 1.807) is 23.0 Å². The monoisotopic (exact) mass is 428 g/mol. The van der Waals surface area contributed by atoms with Gasteiger partial charge in [0.2, 0.25) is 5.16 Å². The van der Waals surface area contributed by atoms with Gasteiger partial charge in [0.05, 0.1) is 16.0 Å². The van der Waals surface area contributed by atoms with Crippen LogP contribution in [-0.4, -0.2) is 30.1 Å². The van der Waals surface area contributed by atoms with Crippen molar-refractivity contribution in [1.29, 1.82) is 0 Å². The van der Waals surface area contributed by atoms with Crippen LogP contribution in [0.25, 0.3) is 16.5 Å². The second kappa shape index (κ2) is 6.81. The van der Waals surface area contributed by atoms with Gasteiger partial charge in [-0.3, -0.25) is 15.1 Å². The molecule has 10 heteroatoms. The van der Waals surface area contributed by atoms with E-state index in [0.29, 0.717) is 10.5 Å². The molecule has 0 aliphatic rings. The van der Waals surface area contributed by atoms with Crippen molar-refractivity contribution >= 4 is 44.2 Å². The highest BCUT2D eigenvalue weighted by Gasteiger charge is 2.17. The van der Waals surface area contributed by atoms with Crippen LogP contribution in [0, 0.1) is 10.1 Å². The quantitative estimate of drug-likeness (QED) is 0.357. The van der Waals surface area contributed by atoms with Gasteiger partial charge in [0, 0.05) is 33.2 Å². The van der Waals surface area contributed by atoms with Crippen LogP contribution in [0.3, 0.4) is 0 Å². The first kappa shape index (κ1) is 16.6. The topological polar surface area (TPSA) is 99.6 Å². The fourth-order valence-corrected chi connectivity index (χ4v) is 3.67. The van der Waals surface area contributed by atoms with Gasteiger partial charge < -0.3 is 0 Å². The minimum absolute atomic E-state index is 0.0185. The van der Waals surface area contributed by atoms with Gasteiger partial charge in [0.25, 0.3) is 5.69 Å². The van der Waals surface area contributed by atoms with Crippen LogP contribution in [0.5, 0.6) is 0 Å². The summed E-state index contributed by atoms with van der Waals surface area (Å²) in [7, 11) is 0. The molecule has 0 aliphatic heterocycles. The van der Waals surface area contributed by atoms with Crippen LogP contribution in [0.2, 0.25) is 0 Å². The van der Waals surface area contributed by atoms with Crippen molar-refractivity contribution < 1.29 is 4.92 Å². The van der Waals surface area contributed by atoms with Crippen molar-refractivity contribution in [3.8, 4) is 5.69 Å². The Morgan fingerprint density at radius 2 is 1.88 bits per heavy atom. The van der Waals surface area contributed by atoms with Gasteiger partial charge in [0.1, 0.15) is 0 Å². The molecular formula is C16H9BrN6O2S. The molecule has 0 saturated carbocycles. The highest BCUT2D eigenvalue weighted by atomic mass is 79.9. The summed E-state index contributed by atoms with van der Waals surface area (Å²) in [5.74, 6) is 0. The number of fused-ring (bicyclic) bond motifs is 1. The molecule has 0 atom stereocenters. The van der Waals surface area contributed by atoms with E-state index in [-0.39, 0.29) is 5.69 Å². The number of benzene rings is 2. The van der Waals surface area contributed by atoms with Gasteiger partial charge in [0.15, 0.2) is 0 Å². The maximum atomic E-state index is 11.2. The number of nitro benzene ring substituents is 1. The number of hydrogen-bond acceptors (Lipinski definition) is 7. The lowest BCUT2D eigenvalue weighted by Crippen LogP contribution is -1.98. The van der Waals surface area contributed by atoms with Crippen LogP contribution in [0.1, 0.15) is 0 Å². The van der Waals surface area contributed by atoms with E-state index >= 15 is 0 Å². The minimum atomic E-state index is -0.412. The first-order valence-electron chi connectivity index (χ1n) is 7.37. The number of tetrazole rings is 1. The molecule has 0 aliphatic carbocycles. The third kappa shape index (κ3) is 3.04. The largest absolute Gasteiger partial charge is 0.278 e. The SMILES string of the molecule is O=[N+]([O-])c1ccc(Sc2nnnn2-c2ccc(Br)cc2)c2ccncc12. The molecule has 0 radical (unpaired) electrons. The number of nitro groups is 1. The first-order chi connectivity index (χ1) is 12.6. The second-order valence-electron chi connectivity index (χ2n) is 5.21. The smallest absolute Gasteiger partial charge is 0.264 e. The van der Waals surface area contributed by atoms with Gasteiger partial charge >= 0.3 is 0 Å². The van der Waals surface area contributed by atoms with E-state index in [2.05, 4.69) is 36.4 Å². The van der Waals surface area contributed by atoms with Gasteiger partial charge in [-0.2, -0.15) is 4.68 Å². The van der Waals surface area contributed by atoms with Crippen LogP contribution in [-0.2, 0) is 0 Å². The zero-order valence-electron chi connectivity index (χ0n) is 13.0. The Balaban J connectivity index is 1.78. The Kier molecular flexibility index (Phi) is 4.35. The lowest BCUT2D eigenvalue weighted by atomic mass is 10.1. The summed E-state index contributed by atoms with van der Waals surface area (Å²) in [4.78, 5) is 15.6. The average Bonchev–Trinajstić information content (AvgIpc) is 3.10. The lowest BCUT2D eigenvalue weighted by Gasteiger charge is -2.07. The Bertz CT molecular complexity index is 1120. The predicted octanol–water partition coefficient (Wildman–Crippen LogP) is 4.03. The number of halogens is 1. The summed E-state index contributed by atoms with van der Waals surface area (Å²) >= 11 is 4.73. The zero-order chi connectivity index (χ0) is 18.1. The van der Waals surface area contributed by atoms with Crippen molar-refractivity contribution in [2.45, 2.75) is 10.1 Å². The molecule has 0 fully saturated rings. The maximum absolute atomic E-state index is 11.2. The van der Waals surface area contributed by atoms with Gasteiger partial charge in [-0.05, 0) is 58.6 Å². The van der Waals surface area contributed by atoms with Crippen LogP contribution in [0.15, 0.2) is 69.4 Å². The summed E-state index contributed by atoms with van der Waals surface area (Å²) in [6, 6.07) is 12.5. The number of aromatic nitrogens is 5. The fraction of sp³-hybridized carbons (Fsp3) is 0. The molecule has 2 aromatic heterocycles. The molecule has 128 valence electrons. The average molecular weight is 429 g/mol. The third-order valence-electron chi connectivity index (χ3n) is 3.67. The molecular weight excluding hydrogens is 420 g/mol. The van der Waals surface area contributed by atoms with E-state index in [4.69, 9.17) is 0 Å². The summed E-state index contributed by atoms with van der Waals surface area (Å²) in [6.45, 7) is 0. The number of non-ortho nitro benzene ring substituents is 1. The van der Waals surface area contributed by atoms with E-state index in [0.717, 1.165) is 20.4 Å². The van der Waals surface area contributed by atoms with Gasteiger partial charge in [-0.25, -0.2) is 0 Å². The Labute approximate surface area is 159 Å². The lowest BCUT2D eigenvalue weighted by molar-refractivity contribution is -0.383. The molecule has 8 nitrogen and oxygen atoms in total. The van der Waals surface area contributed by atoms with Gasteiger partial charge in [-0.1, -0.05) is 15.9 Å². The second-order valence-corrected chi connectivity index (χ2v) is 7.14. The molecule has 4 aromatic rings. The molecule has 0 saturated heterocycles. The summed E-state index contributed by atoms with van der Waals surface area (Å²) < 4.78 is 2.57. The molecule has 0 bridgehead atoms. The van der Waals surface area contributed by atoms with Crippen molar-refractivity contribution in [2.24, 2.45) is 0 Å². The molecule has 4 rings (SSSR count). The zero-order valence-corrected chi connectivity index (χ0v) is 15.4. The highest BCUT2D eigenvalue weighted by molar-refractivity contribution is 9.10. The van der Waals surface area contributed by atoms with E-state index in [9.17, 15) is 10.1 Å². The van der Waals surface area contributed by atoms with Crippen LogP contribution in [0.4, 0.5) is 5.69 Å². The minimum Gasteiger partial charge on any atom is -0.264 e. The van der Waals surface area contributed by atoms with E-state index < -0.39 is 4.92 Å². The molecule has 2 aromatic carbocycles. The van der Waals surface area contributed by atoms with E-state index in [1.807, 2.05) is 24.3 Å².